The van der Waals surface area contributed by atoms with Gasteiger partial charge in [0.05, 0.1) is 16.3 Å². The zero-order chi connectivity index (χ0) is 20.9. The minimum atomic E-state index is -0.126. The van der Waals surface area contributed by atoms with Crippen LogP contribution >= 0.6 is 11.8 Å². The summed E-state index contributed by atoms with van der Waals surface area (Å²) in [5, 5.41) is 4.89. The number of carbonyl (C=O) groups is 2. The van der Waals surface area contributed by atoms with Crippen molar-refractivity contribution in [3.8, 4) is 0 Å². The second kappa shape index (κ2) is 9.17. The van der Waals surface area contributed by atoms with Crippen LogP contribution in [0, 0.1) is 6.92 Å². The van der Waals surface area contributed by atoms with Crippen molar-refractivity contribution in [2.24, 2.45) is 0 Å². The lowest BCUT2D eigenvalue weighted by Crippen LogP contribution is -2.52. The van der Waals surface area contributed by atoms with Crippen LogP contribution in [0.5, 0.6) is 0 Å². The molecule has 1 N–H and O–H groups in total. The number of nitrogens with zero attached hydrogens (tertiary/aromatic N) is 3. The molecule has 1 fully saturated rings. The predicted octanol–water partition coefficient (Wildman–Crippen LogP) is 4.01. The minimum Gasteiger partial charge on any atom is -0.338 e. The van der Waals surface area contributed by atoms with Gasteiger partial charge in [-0.1, -0.05) is 48.2 Å². The minimum absolute atomic E-state index is 0.0794. The Morgan fingerprint density at radius 3 is 2.40 bits per heavy atom. The molecule has 2 heterocycles. The summed E-state index contributed by atoms with van der Waals surface area (Å²) in [7, 11) is 0. The van der Waals surface area contributed by atoms with Gasteiger partial charge in [-0.2, -0.15) is 0 Å². The molecule has 1 aliphatic heterocycles. The van der Waals surface area contributed by atoms with Gasteiger partial charge in [0, 0.05) is 37.3 Å². The number of para-hydroxylation sites is 2. The SMILES string of the molecule is Cc1cc(SCC(=O)N2CCN(C(=O)Nc3ccccc3)CC2)nc2ccccc12. The Bertz CT molecular complexity index is 1050. The van der Waals surface area contributed by atoms with Gasteiger partial charge in [-0.15, -0.1) is 0 Å². The number of aryl methyl sites for hydroxylation is 1. The summed E-state index contributed by atoms with van der Waals surface area (Å²) in [6, 6.07) is 19.3. The quantitative estimate of drug-likeness (QED) is 0.648. The monoisotopic (exact) mass is 420 g/mol. The molecule has 7 heteroatoms. The topological polar surface area (TPSA) is 65.5 Å². The highest BCUT2D eigenvalue weighted by Gasteiger charge is 2.24. The second-order valence-electron chi connectivity index (χ2n) is 7.25. The van der Waals surface area contributed by atoms with Crippen molar-refractivity contribution in [2.75, 3.05) is 37.2 Å². The van der Waals surface area contributed by atoms with E-state index in [0.717, 1.165) is 27.2 Å². The molecular formula is C23H24N4O2S. The van der Waals surface area contributed by atoms with E-state index in [1.54, 1.807) is 4.90 Å². The molecule has 0 radical (unpaired) electrons. The molecule has 0 bridgehead atoms. The summed E-state index contributed by atoms with van der Waals surface area (Å²) in [6.45, 7) is 4.22. The highest BCUT2D eigenvalue weighted by Crippen LogP contribution is 2.24. The van der Waals surface area contributed by atoms with Crippen LogP contribution in [0.4, 0.5) is 10.5 Å². The van der Waals surface area contributed by atoms with Crippen LogP contribution in [0.1, 0.15) is 5.56 Å². The van der Waals surface area contributed by atoms with Crippen LogP contribution in [-0.4, -0.2) is 58.7 Å². The number of thioether (sulfide) groups is 1. The van der Waals surface area contributed by atoms with E-state index >= 15 is 0 Å². The number of piperazine rings is 1. The first-order valence-electron chi connectivity index (χ1n) is 9.98. The molecule has 4 rings (SSSR count). The van der Waals surface area contributed by atoms with Gasteiger partial charge in [-0.25, -0.2) is 9.78 Å². The lowest BCUT2D eigenvalue weighted by molar-refractivity contribution is -0.129. The van der Waals surface area contributed by atoms with Crippen molar-refractivity contribution in [2.45, 2.75) is 11.9 Å². The maximum atomic E-state index is 12.6. The normalized spacial score (nSPS) is 14.0. The summed E-state index contributed by atoms with van der Waals surface area (Å²) in [4.78, 5) is 33.3. The van der Waals surface area contributed by atoms with Crippen molar-refractivity contribution in [3.05, 3.63) is 66.2 Å². The highest BCUT2D eigenvalue weighted by molar-refractivity contribution is 7.99. The average Bonchev–Trinajstić information content (AvgIpc) is 2.78. The Balaban J connectivity index is 1.28. The Labute approximate surface area is 180 Å². The Hall–Kier alpha value is -3.06. The smallest absolute Gasteiger partial charge is 0.321 e. The first-order chi connectivity index (χ1) is 14.6. The van der Waals surface area contributed by atoms with Gasteiger partial charge in [-0.3, -0.25) is 4.79 Å². The average molecular weight is 421 g/mol. The lowest BCUT2D eigenvalue weighted by atomic mass is 10.1. The summed E-state index contributed by atoms with van der Waals surface area (Å²) < 4.78 is 0. The third-order valence-electron chi connectivity index (χ3n) is 5.19. The van der Waals surface area contributed by atoms with Gasteiger partial charge in [0.1, 0.15) is 0 Å². The molecule has 0 saturated carbocycles. The molecule has 0 aliphatic carbocycles. The molecule has 6 nitrogen and oxygen atoms in total. The highest BCUT2D eigenvalue weighted by atomic mass is 32.2. The first-order valence-corrected chi connectivity index (χ1v) is 11.0. The number of urea groups is 1. The van der Waals surface area contributed by atoms with Gasteiger partial charge >= 0.3 is 6.03 Å². The Morgan fingerprint density at radius 2 is 1.63 bits per heavy atom. The molecule has 2 aromatic carbocycles. The number of anilines is 1. The van der Waals surface area contributed by atoms with Crippen molar-refractivity contribution in [1.82, 2.24) is 14.8 Å². The van der Waals surface area contributed by atoms with E-state index in [1.165, 1.54) is 11.8 Å². The molecule has 0 spiro atoms. The van der Waals surface area contributed by atoms with Crippen LogP contribution in [0.2, 0.25) is 0 Å². The van der Waals surface area contributed by atoms with Crippen LogP contribution in [0.3, 0.4) is 0 Å². The summed E-state index contributed by atoms with van der Waals surface area (Å²) in [5.74, 6) is 0.428. The second-order valence-corrected chi connectivity index (χ2v) is 8.24. The number of benzene rings is 2. The number of amides is 3. The number of hydrogen-bond donors (Lipinski definition) is 1. The van der Waals surface area contributed by atoms with Gasteiger partial charge in [0.15, 0.2) is 0 Å². The molecule has 1 aliphatic rings. The van der Waals surface area contributed by atoms with E-state index < -0.39 is 0 Å². The number of rotatable bonds is 4. The molecule has 1 aromatic heterocycles. The number of pyridine rings is 1. The molecule has 30 heavy (non-hydrogen) atoms. The molecule has 154 valence electrons. The van der Waals surface area contributed by atoms with E-state index in [-0.39, 0.29) is 11.9 Å². The Morgan fingerprint density at radius 1 is 0.967 bits per heavy atom. The molecular weight excluding hydrogens is 396 g/mol. The van der Waals surface area contributed by atoms with Crippen LogP contribution < -0.4 is 5.32 Å². The summed E-state index contributed by atoms with van der Waals surface area (Å²) in [5.41, 5.74) is 2.88. The number of carbonyl (C=O) groups excluding carboxylic acids is 2. The third kappa shape index (κ3) is 4.74. The van der Waals surface area contributed by atoms with Crippen LogP contribution in [0.15, 0.2) is 65.7 Å². The maximum Gasteiger partial charge on any atom is 0.321 e. The summed E-state index contributed by atoms with van der Waals surface area (Å²) in [6.07, 6.45) is 0. The van der Waals surface area contributed by atoms with Gasteiger partial charge < -0.3 is 15.1 Å². The molecule has 1 saturated heterocycles. The molecule has 0 unspecified atom stereocenters. The Kier molecular flexibility index (Phi) is 6.18. The van der Waals surface area contributed by atoms with E-state index in [9.17, 15) is 9.59 Å². The largest absolute Gasteiger partial charge is 0.338 e. The zero-order valence-corrected chi connectivity index (χ0v) is 17.7. The van der Waals surface area contributed by atoms with Gasteiger partial charge in [0.2, 0.25) is 5.91 Å². The molecule has 3 aromatic rings. The first kappa shape index (κ1) is 20.2. The number of hydrogen-bond acceptors (Lipinski definition) is 4. The standard InChI is InChI=1S/C23H24N4O2S/c1-17-15-21(25-20-10-6-5-9-19(17)20)30-16-22(28)26-11-13-27(14-12-26)23(29)24-18-7-3-2-4-8-18/h2-10,15H,11-14,16H2,1H3,(H,24,29). The fourth-order valence-corrected chi connectivity index (χ4v) is 4.38. The fraction of sp³-hybridized carbons (Fsp3) is 0.261. The predicted molar refractivity (Wildman–Crippen MR) is 121 cm³/mol. The van der Waals surface area contributed by atoms with Crippen LogP contribution in [-0.2, 0) is 4.79 Å². The molecule has 3 amide bonds. The maximum absolute atomic E-state index is 12.6. The van der Waals surface area contributed by atoms with E-state index in [2.05, 4.69) is 23.3 Å². The van der Waals surface area contributed by atoms with E-state index in [0.29, 0.717) is 31.9 Å². The van der Waals surface area contributed by atoms with Crippen molar-refractivity contribution in [3.63, 3.8) is 0 Å². The lowest BCUT2D eigenvalue weighted by Gasteiger charge is -2.34. The van der Waals surface area contributed by atoms with Gasteiger partial charge in [-0.05, 0) is 36.8 Å². The van der Waals surface area contributed by atoms with Crippen molar-refractivity contribution >= 4 is 40.3 Å². The van der Waals surface area contributed by atoms with E-state index in [4.69, 9.17) is 0 Å². The van der Waals surface area contributed by atoms with Crippen molar-refractivity contribution in [1.29, 1.82) is 0 Å². The van der Waals surface area contributed by atoms with Gasteiger partial charge in [0.25, 0.3) is 0 Å². The molecule has 0 atom stereocenters. The third-order valence-corrected chi connectivity index (χ3v) is 6.08. The number of aromatic nitrogens is 1. The number of nitrogens with one attached hydrogen (secondary N) is 1. The van der Waals surface area contributed by atoms with Crippen molar-refractivity contribution < 1.29 is 9.59 Å². The fourth-order valence-electron chi connectivity index (χ4n) is 3.50. The van der Waals surface area contributed by atoms with Crippen LogP contribution in [0.25, 0.3) is 10.9 Å². The summed E-state index contributed by atoms with van der Waals surface area (Å²) >= 11 is 1.46. The van der Waals surface area contributed by atoms with E-state index in [1.807, 2.05) is 59.5 Å². The zero-order valence-electron chi connectivity index (χ0n) is 16.9. The number of fused-ring (bicyclic) bond motifs is 1.